The molecule has 0 aliphatic carbocycles. The summed E-state index contributed by atoms with van der Waals surface area (Å²) in [6.07, 6.45) is 1.49. The molecule has 1 amide bonds. The van der Waals surface area contributed by atoms with Gasteiger partial charge in [0.2, 0.25) is 0 Å². The molecule has 10 nitrogen and oxygen atoms in total. The summed E-state index contributed by atoms with van der Waals surface area (Å²) in [5.41, 5.74) is 7.21. The van der Waals surface area contributed by atoms with Crippen LogP contribution in [0.5, 0.6) is 11.5 Å². The van der Waals surface area contributed by atoms with Gasteiger partial charge in [0.25, 0.3) is 5.69 Å². The lowest BCUT2D eigenvalue weighted by Gasteiger charge is -2.10. The summed E-state index contributed by atoms with van der Waals surface area (Å²) in [6, 6.07) is 26.7. The fourth-order valence-electron chi connectivity index (χ4n) is 4.36. The van der Waals surface area contributed by atoms with Crippen LogP contribution in [0.15, 0.2) is 105 Å². The van der Waals surface area contributed by atoms with Crippen LogP contribution in [0.3, 0.4) is 0 Å². The average Bonchev–Trinajstić information content (AvgIpc) is 3.62. The van der Waals surface area contributed by atoms with Crippen molar-refractivity contribution >= 4 is 33.7 Å². The number of carbonyl (C=O) groups excluding carboxylic acids is 1. The van der Waals surface area contributed by atoms with Gasteiger partial charge in [0.05, 0.1) is 15.6 Å². The molecule has 0 bridgehead atoms. The van der Waals surface area contributed by atoms with E-state index in [-0.39, 0.29) is 24.7 Å². The Labute approximate surface area is 255 Å². The van der Waals surface area contributed by atoms with E-state index in [4.69, 9.17) is 13.9 Å². The smallest absolute Gasteiger partial charge is 0.307 e. The number of halogens is 1. The molecule has 2 aromatic heterocycles. The second kappa shape index (κ2) is 13.2. The van der Waals surface area contributed by atoms with Gasteiger partial charge >= 0.3 is 5.91 Å². The Balaban J connectivity index is 1.10. The molecule has 0 saturated heterocycles. The Bertz CT molecular complexity index is 1770. The zero-order valence-corrected chi connectivity index (χ0v) is 24.9. The predicted octanol–water partition coefficient (Wildman–Crippen LogP) is 7.28. The van der Waals surface area contributed by atoms with Gasteiger partial charge < -0.3 is 18.5 Å². The fraction of sp³-hybridized carbons (Fsp3) is 0.125. The highest BCUT2D eigenvalue weighted by molar-refractivity contribution is 9.10. The van der Waals surface area contributed by atoms with Crippen molar-refractivity contribution in [2.75, 3.05) is 0 Å². The molecule has 5 rings (SSSR count). The van der Waals surface area contributed by atoms with E-state index in [0.29, 0.717) is 32.9 Å². The van der Waals surface area contributed by atoms with Gasteiger partial charge in [-0.05, 0) is 108 Å². The van der Waals surface area contributed by atoms with Crippen LogP contribution in [0.2, 0.25) is 0 Å². The summed E-state index contributed by atoms with van der Waals surface area (Å²) in [5.74, 6) is 1.35. The minimum Gasteiger partial charge on any atom is -0.488 e. The Kier molecular flexibility index (Phi) is 9.02. The topological polar surface area (TPSA) is 121 Å². The number of non-ortho nitro benzene ring substituents is 1. The van der Waals surface area contributed by atoms with Crippen molar-refractivity contribution in [2.45, 2.75) is 27.1 Å². The van der Waals surface area contributed by atoms with E-state index in [1.807, 2.05) is 24.3 Å². The number of ether oxygens (including phenoxy) is 2. The zero-order chi connectivity index (χ0) is 30.3. The number of hydrogen-bond donors (Lipinski definition) is 1. The molecule has 0 saturated carbocycles. The predicted molar refractivity (Wildman–Crippen MR) is 165 cm³/mol. The second-order valence-electron chi connectivity index (χ2n) is 9.60. The number of nitrogens with one attached hydrogen (secondary N) is 1. The van der Waals surface area contributed by atoms with Crippen molar-refractivity contribution in [1.29, 1.82) is 0 Å². The van der Waals surface area contributed by atoms with Gasteiger partial charge in [0.15, 0.2) is 5.76 Å². The normalized spacial score (nSPS) is 11.0. The molecule has 218 valence electrons. The average molecular weight is 643 g/mol. The van der Waals surface area contributed by atoms with E-state index in [1.165, 1.54) is 18.3 Å². The van der Waals surface area contributed by atoms with Crippen LogP contribution in [0.25, 0.3) is 5.69 Å². The number of hydrogen-bond acceptors (Lipinski definition) is 7. The first-order chi connectivity index (χ1) is 20.8. The van der Waals surface area contributed by atoms with E-state index in [1.54, 1.807) is 42.5 Å². The van der Waals surface area contributed by atoms with Crippen molar-refractivity contribution in [3.63, 3.8) is 0 Å². The van der Waals surface area contributed by atoms with E-state index in [9.17, 15) is 14.9 Å². The van der Waals surface area contributed by atoms with Crippen LogP contribution in [-0.2, 0) is 13.2 Å². The first kappa shape index (κ1) is 29.3. The number of benzene rings is 3. The molecule has 43 heavy (non-hydrogen) atoms. The number of aryl methyl sites for hydroxylation is 2. The fourth-order valence-corrected chi connectivity index (χ4v) is 4.87. The minimum atomic E-state index is -0.500. The summed E-state index contributed by atoms with van der Waals surface area (Å²) in [5, 5.41) is 15.0. The van der Waals surface area contributed by atoms with Crippen molar-refractivity contribution in [3.8, 4) is 17.2 Å². The Morgan fingerprint density at radius 3 is 2.47 bits per heavy atom. The van der Waals surface area contributed by atoms with Crippen LogP contribution in [0.4, 0.5) is 5.69 Å². The van der Waals surface area contributed by atoms with Gasteiger partial charge in [-0.25, -0.2) is 5.43 Å². The van der Waals surface area contributed by atoms with Crippen LogP contribution >= 0.6 is 15.9 Å². The molecule has 0 atom stereocenters. The number of nitro groups is 1. The number of amides is 1. The third-order valence-corrected chi connectivity index (χ3v) is 7.10. The summed E-state index contributed by atoms with van der Waals surface area (Å²) in [7, 11) is 0. The lowest BCUT2D eigenvalue weighted by atomic mass is 10.2. The molecule has 2 heterocycles. The van der Waals surface area contributed by atoms with E-state index < -0.39 is 10.8 Å². The van der Waals surface area contributed by atoms with Crippen molar-refractivity contribution in [3.05, 3.63) is 140 Å². The van der Waals surface area contributed by atoms with Crippen molar-refractivity contribution in [2.24, 2.45) is 5.10 Å². The molecule has 0 unspecified atom stereocenters. The van der Waals surface area contributed by atoms with Crippen LogP contribution in [0.1, 0.15) is 38.8 Å². The molecule has 0 radical (unpaired) electrons. The summed E-state index contributed by atoms with van der Waals surface area (Å²) in [6.45, 7) is 4.46. The Morgan fingerprint density at radius 1 is 0.977 bits per heavy atom. The maximum atomic E-state index is 12.5. The number of carbonyl (C=O) groups is 1. The summed E-state index contributed by atoms with van der Waals surface area (Å²) in [4.78, 5) is 23.0. The molecule has 0 fully saturated rings. The van der Waals surface area contributed by atoms with Crippen LogP contribution in [0, 0.1) is 24.0 Å². The van der Waals surface area contributed by atoms with Gasteiger partial charge in [-0.2, -0.15) is 5.10 Å². The SMILES string of the molecule is Cc1ccc(C)n1-c1ccc(OCc2ccc(C(=O)N/N=C/c3ccc(OCc4cccc([N+](=O)[O-])c4)c(Br)c3)o2)cc1. The Morgan fingerprint density at radius 2 is 1.74 bits per heavy atom. The van der Waals surface area contributed by atoms with Gasteiger partial charge in [0.1, 0.15) is 30.5 Å². The number of aromatic nitrogens is 1. The van der Waals surface area contributed by atoms with Crippen LogP contribution in [-0.4, -0.2) is 21.6 Å². The second-order valence-corrected chi connectivity index (χ2v) is 10.5. The lowest BCUT2D eigenvalue weighted by molar-refractivity contribution is -0.384. The van der Waals surface area contributed by atoms with Crippen molar-refractivity contribution < 1.29 is 23.6 Å². The van der Waals surface area contributed by atoms with E-state index in [2.05, 4.69) is 57.0 Å². The maximum absolute atomic E-state index is 12.5. The maximum Gasteiger partial charge on any atom is 0.307 e. The standard InChI is InChI=1S/C32H27BrN4O6/c1-21-6-7-22(2)36(21)25-9-11-27(12-10-25)41-20-28-13-15-31(43-28)32(38)35-34-18-23-8-14-30(29(33)17-23)42-19-24-4-3-5-26(16-24)37(39)40/h3-18H,19-20H2,1-2H3,(H,35,38)/b34-18+. The van der Waals surface area contributed by atoms with E-state index >= 15 is 0 Å². The first-order valence-electron chi connectivity index (χ1n) is 13.2. The Hall–Kier alpha value is -5.16. The monoisotopic (exact) mass is 642 g/mol. The van der Waals surface area contributed by atoms with E-state index in [0.717, 1.165) is 17.1 Å². The number of nitrogens with zero attached hydrogens (tertiary/aromatic N) is 3. The number of rotatable bonds is 11. The summed E-state index contributed by atoms with van der Waals surface area (Å²) >= 11 is 3.46. The third-order valence-electron chi connectivity index (χ3n) is 6.48. The lowest BCUT2D eigenvalue weighted by Crippen LogP contribution is -2.16. The van der Waals surface area contributed by atoms with Gasteiger partial charge in [0, 0.05) is 29.2 Å². The number of nitro benzene ring substituents is 1. The molecular formula is C32H27BrN4O6. The molecule has 11 heteroatoms. The van der Waals surface area contributed by atoms with Gasteiger partial charge in [-0.3, -0.25) is 14.9 Å². The third kappa shape index (κ3) is 7.38. The molecular weight excluding hydrogens is 616 g/mol. The molecule has 0 spiro atoms. The van der Waals surface area contributed by atoms with Crippen LogP contribution < -0.4 is 14.9 Å². The number of hydrazone groups is 1. The summed E-state index contributed by atoms with van der Waals surface area (Å²) < 4.78 is 20.1. The molecule has 0 aliphatic heterocycles. The molecule has 1 N–H and O–H groups in total. The highest BCUT2D eigenvalue weighted by atomic mass is 79.9. The quantitative estimate of drug-likeness (QED) is 0.0918. The minimum absolute atomic E-state index is 0.00724. The van der Waals surface area contributed by atoms with Gasteiger partial charge in [-0.1, -0.05) is 12.1 Å². The molecule has 3 aromatic carbocycles. The molecule has 0 aliphatic rings. The molecule has 5 aromatic rings. The van der Waals surface area contributed by atoms with Crippen molar-refractivity contribution in [1.82, 2.24) is 9.99 Å². The highest BCUT2D eigenvalue weighted by Crippen LogP contribution is 2.27. The first-order valence-corrected chi connectivity index (χ1v) is 14.0. The number of furan rings is 1. The largest absolute Gasteiger partial charge is 0.488 e. The van der Waals surface area contributed by atoms with Gasteiger partial charge in [-0.15, -0.1) is 0 Å². The zero-order valence-electron chi connectivity index (χ0n) is 23.3. The highest BCUT2D eigenvalue weighted by Gasteiger charge is 2.12.